The Bertz CT molecular complexity index is 1500. The van der Waals surface area contributed by atoms with Gasteiger partial charge in [0, 0.05) is 46.2 Å². The van der Waals surface area contributed by atoms with E-state index in [1.165, 1.54) is 7.11 Å². The molecule has 2 heterocycles. The molecule has 1 fully saturated rings. The predicted octanol–water partition coefficient (Wildman–Crippen LogP) is 5.05. The fraction of sp³-hybridized carbons (Fsp3) is 0.267. The molecule has 0 unspecified atom stereocenters. The molecule has 0 aliphatic carbocycles. The predicted molar refractivity (Wildman–Crippen MR) is 150 cm³/mol. The van der Waals surface area contributed by atoms with Crippen molar-refractivity contribution in [2.45, 2.75) is 25.0 Å². The zero-order chi connectivity index (χ0) is 27.5. The zero-order valence-electron chi connectivity index (χ0n) is 22.0. The number of para-hydroxylation sites is 1. The number of ether oxygens (including phenoxy) is 3. The van der Waals surface area contributed by atoms with Crippen molar-refractivity contribution in [3.05, 3.63) is 83.0 Å². The molecule has 5 rings (SSSR count). The van der Waals surface area contributed by atoms with Crippen LogP contribution in [-0.2, 0) is 16.1 Å². The van der Waals surface area contributed by atoms with Gasteiger partial charge in [-0.3, -0.25) is 14.5 Å². The van der Waals surface area contributed by atoms with Crippen molar-refractivity contribution in [3.63, 3.8) is 0 Å². The molecule has 9 heteroatoms. The highest BCUT2D eigenvalue weighted by atomic mass is 35.5. The minimum Gasteiger partial charge on any atom is -0.493 e. The number of nitrogens with one attached hydrogen (secondary N) is 2. The van der Waals surface area contributed by atoms with Gasteiger partial charge in [0.05, 0.1) is 21.3 Å². The quantitative estimate of drug-likeness (QED) is 0.300. The van der Waals surface area contributed by atoms with Crippen molar-refractivity contribution >= 4 is 34.4 Å². The van der Waals surface area contributed by atoms with Crippen LogP contribution in [0.4, 0.5) is 0 Å². The molecule has 2 N–H and O–H groups in total. The van der Waals surface area contributed by atoms with Crippen LogP contribution in [0.5, 0.6) is 11.5 Å². The molecule has 4 aromatic rings. The first-order valence-electron chi connectivity index (χ1n) is 12.6. The molecule has 3 aromatic carbocycles. The van der Waals surface area contributed by atoms with Crippen molar-refractivity contribution < 1.29 is 23.8 Å². The molecule has 202 valence electrons. The molecular formula is C30H30ClN3O5. The summed E-state index contributed by atoms with van der Waals surface area (Å²) in [6.07, 6.45) is 0.414. The second-order valence-corrected chi connectivity index (χ2v) is 9.89. The second-order valence-electron chi connectivity index (χ2n) is 9.46. The molecule has 39 heavy (non-hydrogen) atoms. The van der Waals surface area contributed by atoms with Crippen LogP contribution in [0, 0.1) is 0 Å². The number of nitrogens with zero attached hydrogens (tertiary/aromatic N) is 1. The lowest BCUT2D eigenvalue weighted by Crippen LogP contribution is -2.38. The summed E-state index contributed by atoms with van der Waals surface area (Å²) in [5.41, 5.74) is 3.82. The summed E-state index contributed by atoms with van der Waals surface area (Å²) in [7, 11) is 4.55. The van der Waals surface area contributed by atoms with Crippen molar-refractivity contribution in [2.24, 2.45) is 0 Å². The SMILES string of the molecule is COC(=O)[C@@H]1C[C@@H](NC(=O)c2[nH]c3ccc(Cl)cc3c2-c2ccccc2)CN1Cc1cccc(OC)c1OC. The van der Waals surface area contributed by atoms with Crippen molar-refractivity contribution in [3.8, 4) is 22.6 Å². The number of hydrogen-bond donors (Lipinski definition) is 2. The topological polar surface area (TPSA) is 92.9 Å². The van der Waals surface area contributed by atoms with E-state index in [4.69, 9.17) is 25.8 Å². The zero-order valence-corrected chi connectivity index (χ0v) is 22.7. The Morgan fingerprint density at radius 2 is 1.82 bits per heavy atom. The molecule has 0 radical (unpaired) electrons. The largest absolute Gasteiger partial charge is 0.493 e. The van der Waals surface area contributed by atoms with Gasteiger partial charge in [0.15, 0.2) is 11.5 Å². The van der Waals surface area contributed by atoms with E-state index in [1.54, 1.807) is 20.3 Å². The fourth-order valence-electron chi connectivity index (χ4n) is 5.36. The van der Waals surface area contributed by atoms with Gasteiger partial charge in [0.2, 0.25) is 0 Å². The first-order chi connectivity index (χ1) is 18.9. The Morgan fingerprint density at radius 3 is 2.54 bits per heavy atom. The van der Waals surface area contributed by atoms with E-state index in [2.05, 4.69) is 10.3 Å². The lowest BCUT2D eigenvalue weighted by molar-refractivity contribution is -0.146. The third kappa shape index (κ3) is 5.30. The first kappa shape index (κ1) is 26.6. The minimum absolute atomic E-state index is 0.254. The van der Waals surface area contributed by atoms with E-state index in [1.807, 2.05) is 65.6 Å². The van der Waals surface area contributed by atoms with E-state index in [9.17, 15) is 9.59 Å². The minimum atomic E-state index is -0.522. The summed E-state index contributed by atoms with van der Waals surface area (Å²) in [5.74, 6) is 0.621. The summed E-state index contributed by atoms with van der Waals surface area (Å²) in [6.45, 7) is 0.880. The van der Waals surface area contributed by atoms with Crippen LogP contribution in [0.3, 0.4) is 0 Å². The van der Waals surface area contributed by atoms with Gasteiger partial charge in [-0.1, -0.05) is 54.1 Å². The Morgan fingerprint density at radius 1 is 1.03 bits per heavy atom. The lowest BCUT2D eigenvalue weighted by Gasteiger charge is -2.23. The number of benzene rings is 3. The smallest absolute Gasteiger partial charge is 0.323 e. The van der Waals surface area contributed by atoms with E-state index in [-0.39, 0.29) is 17.9 Å². The van der Waals surface area contributed by atoms with Crippen molar-refractivity contribution in [2.75, 3.05) is 27.9 Å². The van der Waals surface area contributed by atoms with E-state index in [0.29, 0.717) is 41.7 Å². The average molecular weight is 548 g/mol. The van der Waals surface area contributed by atoms with E-state index in [0.717, 1.165) is 27.6 Å². The van der Waals surface area contributed by atoms with Crippen LogP contribution in [-0.4, -0.2) is 61.7 Å². The molecule has 1 aliphatic rings. The van der Waals surface area contributed by atoms with Gasteiger partial charge in [-0.05, 0) is 36.2 Å². The van der Waals surface area contributed by atoms with Crippen molar-refractivity contribution in [1.29, 1.82) is 0 Å². The summed E-state index contributed by atoms with van der Waals surface area (Å²) in [5, 5.41) is 4.60. The number of methoxy groups -OCH3 is 3. The van der Waals surface area contributed by atoms with E-state index >= 15 is 0 Å². The molecule has 0 spiro atoms. The number of carbonyl (C=O) groups excluding carboxylic acids is 2. The summed E-state index contributed by atoms with van der Waals surface area (Å²) < 4.78 is 16.1. The third-order valence-corrected chi connectivity index (χ3v) is 7.36. The fourth-order valence-corrected chi connectivity index (χ4v) is 5.53. The van der Waals surface area contributed by atoms with E-state index < -0.39 is 6.04 Å². The second kappa shape index (κ2) is 11.4. The Kier molecular flexibility index (Phi) is 7.77. The molecule has 1 aliphatic heterocycles. The third-order valence-electron chi connectivity index (χ3n) is 7.12. The van der Waals surface area contributed by atoms with Gasteiger partial charge in [0.25, 0.3) is 5.91 Å². The molecule has 0 bridgehead atoms. The number of hydrogen-bond acceptors (Lipinski definition) is 6. The Labute approximate surface area is 231 Å². The molecule has 8 nitrogen and oxygen atoms in total. The number of likely N-dealkylation sites (tertiary alicyclic amines) is 1. The molecule has 2 atom stereocenters. The van der Waals surface area contributed by atoms with Gasteiger partial charge in [-0.25, -0.2) is 0 Å². The Hall–Kier alpha value is -4.01. The normalized spacial score (nSPS) is 17.2. The number of halogens is 1. The molecule has 1 amide bonds. The number of rotatable bonds is 8. The highest BCUT2D eigenvalue weighted by molar-refractivity contribution is 6.31. The van der Waals surface area contributed by atoms with Gasteiger partial charge in [-0.2, -0.15) is 0 Å². The molecule has 1 saturated heterocycles. The number of carbonyl (C=O) groups is 2. The monoisotopic (exact) mass is 547 g/mol. The number of aromatic nitrogens is 1. The maximum Gasteiger partial charge on any atom is 0.323 e. The number of amides is 1. The van der Waals surface area contributed by atoms with Gasteiger partial charge < -0.3 is 24.5 Å². The maximum atomic E-state index is 13.7. The highest BCUT2D eigenvalue weighted by Crippen LogP contribution is 2.35. The average Bonchev–Trinajstić information content (AvgIpc) is 3.53. The van der Waals surface area contributed by atoms with Crippen LogP contribution < -0.4 is 14.8 Å². The van der Waals surface area contributed by atoms with Crippen LogP contribution in [0.15, 0.2) is 66.7 Å². The van der Waals surface area contributed by atoms with Gasteiger partial charge in [-0.15, -0.1) is 0 Å². The van der Waals surface area contributed by atoms with Crippen LogP contribution in [0.1, 0.15) is 22.5 Å². The number of esters is 1. The number of fused-ring (bicyclic) bond motifs is 1. The Balaban J connectivity index is 1.43. The van der Waals surface area contributed by atoms with Crippen LogP contribution in [0.25, 0.3) is 22.0 Å². The standard InChI is InChI=1S/C30H30ClN3O5/c1-37-25-11-7-10-19(28(25)38-2)16-34-17-21(15-24(34)30(36)39-3)32-29(35)27-26(18-8-5-4-6-9-18)22-14-20(31)12-13-23(22)33-27/h4-14,21,24,33H,15-17H2,1-3H3,(H,32,35)/t21-,24+/m1/s1. The maximum absolute atomic E-state index is 13.7. The molecule has 1 aromatic heterocycles. The lowest BCUT2D eigenvalue weighted by atomic mass is 10.0. The molecule has 0 saturated carbocycles. The van der Waals surface area contributed by atoms with Gasteiger partial charge in [0.1, 0.15) is 11.7 Å². The van der Waals surface area contributed by atoms with Crippen LogP contribution in [0.2, 0.25) is 5.02 Å². The van der Waals surface area contributed by atoms with Gasteiger partial charge >= 0.3 is 5.97 Å². The number of aromatic amines is 1. The van der Waals surface area contributed by atoms with Crippen LogP contribution >= 0.6 is 11.6 Å². The summed E-state index contributed by atoms with van der Waals surface area (Å²) in [4.78, 5) is 31.7. The van der Waals surface area contributed by atoms with Crippen molar-refractivity contribution in [1.82, 2.24) is 15.2 Å². The highest BCUT2D eigenvalue weighted by Gasteiger charge is 2.39. The molecular weight excluding hydrogens is 518 g/mol. The summed E-state index contributed by atoms with van der Waals surface area (Å²) >= 11 is 6.31. The first-order valence-corrected chi connectivity index (χ1v) is 13.0. The number of H-pyrrole nitrogens is 1. The summed E-state index contributed by atoms with van der Waals surface area (Å²) in [6, 6.07) is 20.1.